The Labute approximate surface area is 190 Å². The van der Waals surface area contributed by atoms with E-state index in [4.69, 9.17) is 10.1 Å². The lowest BCUT2D eigenvalue weighted by atomic mass is 10.1. The van der Waals surface area contributed by atoms with E-state index in [0.717, 1.165) is 22.5 Å². The van der Waals surface area contributed by atoms with E-state index in [9.17, 15) is 13.2 Å². The Morgan fingerprint density at radius 2 is 1.50 bits per heavy atom. The number of anilines is 1. The maximum absolute atomic E-state index is 12.4. The van der Waals surface area contributed by atoms with Crippen molar-refractivity contribution in [2.75, 3.05) is 11.1 Å². The lowest BCUT2D eigenvalue weighted by Gasteiger charge is -2.05. The van der Waals surface area contributed by atoms with Crippen molar-refractivity contribution in [1.82, 2.24) is 9.97 Å². The van der Waals surface area contributed by atoms with Crippen LogP contribution in [0, 0.1) is 0 Å². The van der Waals surface area contributed by atoms with Crippen LogP contribution in [0.1, 0.15) is 0 Å². The Morgan fingerprint density at radius 3 is 2.09 bits per heavy atom. The third kappa shape index (κ3) is 5.25. The van der Waals surface area contributed by atoms with E-state index in [1.807, 2.05) is 60.7 Å². The smallest absolute Gasteiger partial charge is 0.238 e. The van der Waals surface area contributed by atoms with Crippen molar-refractivity contribution in [2.24, 2.45) is 5.14 Å². The number of amides is 1. The maximum Gasteiger partial charge on any atom is 0.238 e. The molecule has 162 valence electrons. The lowest BCUT2D eigenvalue weighted by Crippen LogP contribution is -2.15. The van der Waals surface area contributed by atoms with Gasteiger partial charge in [0.05, 0.1) is 22.0 Å². The number of carbonyl (C=O) groups is 1. The Kier molecular flexibility index (Phi) is 6.40. The van der Waals surface area contributed by atoms with E-state index < -0.39 is 10.0 Å². The number of rotatable bonds is 7. The summed E-state index contributed by atoms with van der Waals surface area (Å²) in [6, 6.07) is 25.4. The van der Waals surface area contributed by atoms with Gasteiger partial charge in [-0.1, -0.05) is 72.4 Å². The highest BCUT2D eigenvalue weighted by atomic mass is 32.2. The molecular formula is C23H20N4O3S2. The van der Waals surface area contributed by atoms with E-state index in [1.165, 1.54) is 36.0 Å². The number of nitrogens with zero attached hydrogens (tertiary/aromatic N) is 1. The molecule has 0 aliphatic rings. The molecule has 0 spiro atoms. The zero-order chi connectivity index (χ0) is 22.6. The van der Waals surface area contributed by atoms with E-state index in [0.29, 0.717) is 10.8 Å². The average molecular weight is 465 g/mol. The number of thioether (sulfide) groups is 1. The van der Waals surface area contributed by atoms with Gasteiger partial charge in [0.15, 0.2) is 5.16 Å². The van der Waals surface area contributed by atoms with Crippen molar-refractivity contribution in [3.05, 3.63) is 84.9 Å². The molecule has 0 aliphatic heterocycles. The van der Waals surface area contributed by atoms with E-state index in [-0.39, 0.29) is 16.6 Å². The number of hydrogen-bond acceptors (Lipinski definition) is 5. The van der Waals surface area contributed by atoms with Crippen LogP contribution >= 0.6 is 11.8 Å². The van der Waals surface area contributed by atoms with Gasteiger partial charge in [0, 0.05) is 16.8 Å². The topological polar surface area (TPSA) is 118 Å². The monoisotopic (exact) mass is 464 g/mol. The minimum Gasteiger partial charge on any atom is -0.332 e. The second-order valence-corrected chi connectivity index (χ2v) is 9.43. The average Bonchev–Trinajstić information content (AvgIpc) is 3.23. The summed E-state index contributed by atoms with van der Waals surface area (Å²) in [4.78, 5) is 20.4. The van der Waals surface area contributed by atoms with Crippen molar-refractivity contribution in [3.63, 3.8) is 0 Å². The number of hydrogen-bond donors (Lipinski definition) is 3. The van der Waals surface area contributed by atoms with Gasteiger partial charge in [-0.25, -0.2) is 18.5 Å². The first-order chi connectivity index (χ1) is 15.4. The fourth-order valence-corrected chi connectivity index (χ4v) is 4.28. The van der Waals surface area contributed by atoms with E-state index in [2.05, 4.69) is 10.3 Å². The largest absolute Gasteiger partial charge is 0.332 e. The Hall–Kier alpha value is -3.40. The van der Waals surface area contributed by atoms with Gasteiger partial charge in [0.25, 0.3) is 0 Å². The molecule has 32 heavy (non-hydrogen) atoms. The van der Waals surface area contributed by atoms with Crippen molar-refractivity contribution in [2.45, 2.75) is 10.1 Å². The van der Waals surface area contributed by atoms with Gasteiger partial charge in [-0.05, 0) is 24.3 Å². The number of aromatic amines is 1. The van der Waals surface area contributed by atoms with E-state index >= 15 is 0 Å². The van der Waals surface area contributed by atoms with E-state index in [1.54, 1.807) is 0 Å². The summed E-state index contributed by atoms with van der Waals surface area (Å²) in [7, 11) is -3.77. The second-order valence-electron chi connectivity index (χ2n) is 6.90. The van der Waals surface area contributed by atoms with Gasteiger partial charge in [0.1, 0.15) is 0 Å². The SMILES string of the molecule is NS(=O)(=O)c1ccc(NC(=O)CSc2nc(-c3ccccc3)c(-c3ccccc3)[nH]2)cc1. The molecule has 3 aromatic carbocycles. The molecule has 0 fully saturated rings. The Morgan fingerprint density at radius 1 is 0.906 bits per heavy atom. The molecule has 0 saturated carbocycles. The normalized spacial score (nSPS) is 11.3. The van der Waals surface area contributed by atoms with Crippen LogP contribution in [0.4, 0.5) is 5.69 Å². The van der Waals surface area contributed by atoms with Crippen LogP contribution in [-0.4, -0.2) is 30.0 Å². The van der Waals surface area contributed by atoms with Gasteiger partial charge in [0.2, 0.25) is 15.9 Å². The number of carbonyl (C=O) groups excluding carboxylic acids is 1. The highest BCUT2D eigenvalue weighted by Gasteiger charge is 2.15. The second kappa shape index (κ2) is 9.39. The van der Waals surface area contributed by atoms with Crippen LogP contribution in [0.2, 0.25) is 0 Å². The molecule has 4 N–H and O–H groups in total. The van der Waals surface area contributed by atoms with Gasteiger partial charge in [-0.3, -0.25) is 4.79 Å². The van der Waals surface area contributed by atoms with Crippen molar-refractivity contribution >= 4 is 33.4 Å². The number of imidazole rings is 1. The first kappa shape index (κ1) is 21.8. The van der Waals surface area contributed by atoms with Crippen LogP contribution in [0.25, 0.3) is 22.5 Å². The molecule has 4 rings (SSSR count). The summed E-state index contributed by atoms with van der Waals surface area (Å²) in [5.74, 6) is -0.107. The van der Waals surface area contributed by atoms with Crippen LogP contribution in [0.3, 0.4) is 0 Å². The number of primary sulfonamides is 1. The molecule has 0 unspecified atom stereocenters. The number of aromatic nitrogens is 2. The molecule has 0 radical (unpaired) electrons. The summed E-state index contributed by atoms with van der Waals surface area (Å²) >= 11 is 1.28. The summed E-state index contributed by atoms with van der Waals surface area (Å²) in [5.41, 5.74) is 4.17. The summed E-state index contributed by atoms with van der Waals surface area (Å²) in [5, 5.41) is 8.46. The zero-order valence-corrected chi connectivity index (χ0v) is 18.5. The number of sulfonamides is 1. The molecule has 0 saturated heterocycles. The number of nitrogens with one attached hydrogen (secondary N) is 2. The molecule has 4 aromatic rings. The third-order valence-electron chi connectivity index (χ3n) is 4.60. The predicted molar refractivity (Wildman–Crippen MR) is 127 cm³/mol. The summed E-state index contributed by atoms with van der Waals surface area (Å²) in [6.45, 7) is 0. The molecule has 1 heterocycles. The fourth-order valence-electron chi connectivity index (χ4n) is 3.10. The summed E-state index contributed by atoms with van der Waals surface area (Å²) < 4.78 is 22.7. The minimum absolute atomic E-state index is 0.0117. The van der Waals surface area contributed by atoms with Crippen LogP contribution in [0.5, 0.6) is 0 Å². The predicted octanol–water partition coefficient (Wildman–Crippen LogP) is 4.12. The van der Waals surface area contributed by atoms with Crippen LogP contribution in [-0.2, 0) is 14.8 Å². The molecule has 0 atom stereocenters. The van der Waals surface area contributed by atoms with Crippen LogP contribution in [0.15, 0.2) is 95.0 Å². The molecule has 1 amide bonds. The first-order valence-corrected chi connectivity index (χ1v) is 12.2. The van der Waals surface area contributed by atoms with Crippen molar-refractivity contribution in [3.8, 4) is 22.5 Å². The molecule has 1 aromatic heterocycles. The Balaban J connectivity index is 1.49. The van der Waals surface area contributed by atoms with Gasteiger partial charge in [-0.2, -0.15) is 0 Å². The van der Waals surface area contributed by atoms with Gasteiger partial charge < -0.3 is 10.3 Å². The number of H-pyrrole nitrogens is 1. The van der Waals surface area contributed by atoms with Gasteiger partial charge in [-0.15, -0.1) is 0 Å². The first-order valence-electron chi connectivity index (χ1n) is 9.66. The van der Waals surface area contributed by atoms with Crippen LogP contribution < -0.4 is 10.5 Å². The summed E-state index contributed by atoms with van der Waals surface area (Å²) in [6.07, 6.45) is 0. The highest BCUT2D eigenvalue weighted by molar-refractivity contribution is 7.99. The number of benzene rings is 3. The molecular weight excluding hydrogens is 444 g/mol. The molecule has 0 bridgehead atoms. The molecule has 9 heteroatoms. The molecule has 7 nitrogen and oxygen atoms in total. The lowest BCUT2D eigenvalue weighted by molar-refractivity contribution is -0.113. The standard InChI is InChI=1S/C23H20N4O3S2/c24-32(29,30)19-13-11-18(12-14-19)25-20(28)15-31-23-26-21(16-7-3-1-4-8-16)22(27-23)17-9-5-2-6-10-17/h1-14H,15H2,(H,25,28)(H,26,27)(H2,24,29,30). The quantitative estimate of drug-likeness (QED) is 0.356. The molecule has 0 aliphatic carbocycles. The zero-order valence-electron chi connectivity index (χ0n) is 16.9. The van der Waals surface area contributed by atoms with Gasteiger partial charge >= 0.3 is 0 Å². The van der Waals surface area contributed by atoms with Crippen molar-refractivity contribution < 1.29 is 13.2 Å². The third-order valence-corrected chi connectivity index (χ3v) is 6.40. The minimum atomic E-state index is -3.77. The van der Waals surface area contributed by atoms with Crippen molar-refractivity contribution in [1.29, 1.82) is 0 Å². The Bertz CT molecular complexity index is 1260. The fraction of sp³-hybridized carbons (Fsp3) is 0.0435. The highest BCUT2D eigenvalue weighted by Crippen LogP contribution is 2.32. The maximum atomic E-state index is 12.4. The number of nitrogens with two attached hydrogens (primary N) is 1.